The summed E-state index contributed by atoms with van der Waals surface area (Å²) >= 11 is 0. The number of nitrogens with two attached hydrogens (primary N) is 1. The maximum absolute atomic E-state index is 11.9. The third-order valence-electron chi connectivity index (χ3n) is 2.23. The van der Waals surface area contributed by atoms with Crippen molar-refractivity contribution in [2.24, 2.45) is 0 Å². The summed E-state index contributed by atoms with van der Waals surface area (Å²) in [6.07, 6.45) is 0. The molecule has 0 atom stereocenters. The van der Waals surface area contributed by atoms with Crippen LogP contribution in [0.25, 0.3) is 0 Å². The first-order valence-corrected chi connectivity index (χ1v) is 7.15. The largest absolute Gasteiger partial charge is 0.454 e. The first-order valence-electron chi connectivity index (χ1n) is 5.67. The number of nitrogen functional groups attached to an aromatic ring is 1. The van der Waals surface area contributed by atoms with Gasteiger partial charge >= 0.3 is 0 Å². The molecule has 0 bridgehead atoms. The van der Waals surface area contributed by atoms with Crippen LogP contribution in [0, 0.1) is 0 Å². The van der Waals surface area contributed by atoms with Gasteiger partial charge in [0.05, 0.1) is 11.4 Å². The van der Waals surface area contributed by atoms with E-state index >= 15 is 0 Å². The Labute approximate surface area is 112 Å². The molecule has 0 saturated heterocycles. The molecule has 4 N–H and O–H groups in total. The molecule has 7 nitrogen and oxygen atoms in total. The fourth-order valence-corrected chi connectivity index (χ4v) is 2.94. The van der Waals surface area contributed by atoms with Crippen molar-refractivity contribution in [1.29, 1.82) is 0 Å². The lowest BCUT2D eigenvalue weighted by atomic mass is 10.1. The van der Waals surface area contributed by atoms with Crippen LogP contribution in [0.2, 0.25) is 0 Å². The maximum atomic E-state index is 11.9. The van der Waals surface area contributed by atoms with Crippen molar-refractivity contribution in [2.45, 2.75) is 26.3 Å². The molecule has 0 spiro atoms. The van der Waals surface area contributed by atoms with E-state index in [1.807, 2.05) is 0 Å². The summed E-state index contributed by atoms with van der Waals surface area (Å²) in [6, 6.07) is 3.02. The number of fused-ring (bicyclic) bond motifs is 1. The summed E-state index contributed by atoms with van der Waals surface area (Å²) in [6.45, 7) is 5.34. The number of hydrogen-bond acceptors (Lipinski definition) is 5. The molecule has 19 heavy (non-hydrogen) atoms. The molecule has 2 rings (SSSR count). The van der Waals surface area contributed by atoms with E-state index in [9.17, 15) is 8.42 Å². The van der Waals surface area contributed by atoms with Gasteiger partial charge in [0.25, 0.3) is 10.2 Å². The third kappa shape index (κ3) is 3.42. The molecule has 1 aromatic carbocycles. The normalized spacial score (nSPS) is 14.5. The lowest BCUT2D eigenvalue weighted by molar-refractivity contribution is 0.174. The minimum Gasteiger partial charge on any atom is -0.454 e. The van der Waals surface area contributed by atoms with Crippen LogP contribution in [0.4, 0.5) is 11.4 Å². The summed E-state index contributed by atoms with van der Waals surface area (Å²) in [4.78, 5) is 0. The van der Waals surface area contributed by atoms with Gasteiger partial charge in [0.1, 0.15) is 0 Å². The lowest BCUT2D eigenvalue weighted by Crippen LogP contribution is -2.43. The second-order valence-corrected chi connectivity index (χ2v) is 6.67. The van der Waals surface area contributed by atoms with Gasteiger partial charge in [-0.3, -0.25) is 4.72 Å². The number of nitrogens with one attached hydrogen (secondary N) is 2. The standard InChI is InChI=1S/C11H17N3O4S/c1-11(2,3)14-19(15,16)13-8-5-10-9(4-7(8)12)17-6-18-10/h4-5,13-14H,6,12H2,1-3H3. The molecular weight excluding hydrogens is 270 g/mol. The first-order chi connectivity index (χ1) is 8.66. The first kappa shape index (κ1) is 13.8. The van der Waals surface area contributed by atoms with E-state index in [1.165, 1.54) is 12.1 Å². The quantitative estimate of drug-likeness (QED) is 0.721. The third-order valence-corrected chi connectivity index (χ3v) is 3.60. The van der Waals surface area contributed by atoms with E-state index in [1.54, 1.807) is 20.8 Å². The number of benzene rings is 1. The molecule has 106 valence electrons. The van der Waals surface area contributed by atoms with E-state index in [0.717, 1.165) is 0 Å². The SMILES string of the molecule is CC(C)(C)NS(=O)(=O)Nc1cc2c(cc1N)OCO2. The molecule has 1 aliphatic heterocycles. The van der Waals surface area contributed by atoms with E-state index in [4.69, 9.17) is 15.2 Å². The van der Waals surface area contributed by atoms with Gasteiger partial charge in [0.15, 0.2) is 11.5 Å². The smallest absolute Gasteiger partial charge is 0.299 e. The number of hydrogen-bond donors (Lipinski definition) is 3. The topological polar surface area (TPSA) is 103 Å². The van der Waals surface area contributed by atoms with Crippen LogP contribution in [0.15, 0.2) is 12.1 Å². The molecule has 0 unspecified atom stereocenters. The van der Waals surface area contributed by atoms with Crippen LogP contribution >= 0.6 is 0 Å². The number of anilines is 2. The van der Waals surface area contributed by atoms with Gasteiger partial charge in [-0.2, -0.15) is 13.1 Å². The number of rotatable bonds is 3. The second-order valence-electron chi connectivity index (χ2n) is 5.25. The molecule has 1 aromatic rings. The predicted octanol–water partition coefficient (Wildman–Crippen LogP) is 1.04. The molecule has 0 radical (unpaired) electrons. The van der Waals surface area contributed by atoms with E-state index < -0.39 is 15.7 Å². The van der Waals surface area contributed by atoms with Gasteiger partial charge in [0, 0.05) is 17.7 Å². The van der Waals surface area contributed by atoms with Crippen molar-refractivity contribution in [3.8, 4) is 11.5 Å². The van der Waals surface area contributed by atoms with E-state index in [-0.39, 0.29) is 18.2 Å². The summed E-state index contributed by atoms with van der Waals surface area (Å²) in [5.41, 5.74) is 5.71. The fraction of sp³-hybridized carbons (Fsp3) is 0.455. The van der Waals surface area contributed by atoms with Crippen molar-refractivity contribution >= 4 is 21.6 Å². The summed E-state index contributed by atoms with van der Waals surface area (Å²) in [7, 11) is -3.71. The summed E-state index contributed by atoms with van der Waals surface area (Å²) in [5.74, 6) is 0.965. The molecule has 0 amide bonds. The second kappa shape index (κ2) is 4.46. The van der Waals surface area contributed by atoms with Crippen LogP contribution in [-0.4, -0.2) is 20.7 Å². The molecule has 0 aliphatic carbocycles. The molecule has 1 heterocycles. The minimum atomic E-state index is -3.71. The highest BCUT2D eigenvalue weighted by Gasteiger charge is 2.22. The van der Waals surface area contributed by atoms with Crippen molar-refractivity contribution < 1.29 is 17.9 Å². The average Bonchev–Trinajstić information content (AvgIpc) is 2.60. The van der Waals surface area contributed by atoms with Gasteiger partial charge in [-0.25, -0.2) is 0 Å². The Morgan fingerprint density at radius 3 is 2.37 bits per heavy atom. The van der Waals surface area contributed by atoms with Gasteiger partial charge in [-0.1, -0.05) is 0 Å². The van der Waals surface area contributed by atoms with Crippen LogP contribution < -0.4 is 24.7 Å². The molecule has 0 fully saturated rings. The summed E-state index contributed by atoms with van der Waals surface area (Å²) < 4.78 is 39.0. The zero-order chi connectivity index (χ0) is 14.3. The molecular formula is C11H17N3O4S. The Balaban J connectivity index is 2.24. The highest BCUT2D eigenvalue weighted by molar-refractivity contribution is 7.90. The fourth-order valence-electron chi connectivity index (χ4n) is 1.62. The van der Waals surface area contributed by atoms with Gasteiger partial charge in [-0.05, 0) is 20.8 Å². The Hall–Kier alpha value is -1.67. The van der Waals surface area contributed by atoms with Crippen molar-refractivity contribution in [3.05, 3.63) is 12.1 Å². The maximum Gasteiger partial charge on any atom is 0.299 e. The van der Waals surface area contributed by atoms with Gasteiger partial charge in [0.2, 0.25) is 6.79 Å². The molecule has 8 heteroatoms. The Kier molecular flexibility index (Phi) is 3.23. The Morgan fingerprint density at radius 2 is 1.79 bits per heavy atom. The highest BCUT2D eigenvalue weighted by atomic mass is 32.2. The number of ether oxygens (including phenoxy) is 2. The predicted molar refractivity (Wildman–Crippen MR) is 72.4 cm³/mol. The van der Waals surface area contributed by atoms with E-state index in [2.05, 4.69) is 9.44 Å². The van der Waals surface area contributed by atoms with Crippen LogP contribution in [0.5, 0.6) is 11.5 Å². The van der Waals surface area contributed by atoms with E-state index in [0.29, 0.717) is 11.5 Å². The average molecular weight is 287 g/mol. The van der Waals surface area contributed by atoms with Crippen LogP contribution in [0.3, 0.4) is 0 Å². The molecule has 0 aromatic heterocycles. The van der Waals surface area contributed by atoms with Crippen molar-refractivity contribution in [3.63, 3.8) is 0 Å². The monoisotopic (exact) mass is 287 g/mol. The van der Waals surface area contributed by atoms with Gasteiger partial charge in [-0.15, -0.1) is 0 Å². The van der Waals surface area contributed by atoms with Gasteiger partial charge < -0.3 is 15.2 Å². The molecule has 1 aliphatic rings. The minimum absolute atomic E-state index is 0.102. The molecule has 0 saturated carbocycles. The van der Waals surface area contributed by atoms with Crippen LogP contribution in [0.1, 0.15) is 20.8 Å². The zero-order valence-electron chi connectivity index (χ0n) is 11.0. The zero-order valence-corrected chi connectivity index (χ0v) is 11.8. The Morgan fingerprint density at radius 1 is 1.21 bits per heavy atom. The van der Waals surface area contributed by atoms with Crippen LogP contribution in [-0.2, 0) is 10.2 Å². The Bertz CT molecular complexity index is 593. The van der Waals surface area contributed by atoms with Crippen molar-refractivity contribution in [1.82, 2.24) is 4.72 Å². The lowest BCUT2D eigenvalue weighted by Gasteiger charge is -2.21. The highest BCUT2D eigenvalue weighted by Crippen LogP contribution is 2.38. The summed E-state index contributed by atoms with van der Waals surface area (Å²) in [5, 5.41) is 0. The van der Waals surface area contributed by atoms with Crippen molar-refractivity contribution in [2.75, 3.05) is 17.2 Å².